The second-order valence-electron chi connectivity index (χ2n) is 2.92. The standard InChI is InChI=1S/C8H10N6S/c1-14-4-6(12-13-14)5-15-8-7(9)10-2-3-11-8/h2-4H,5H2,1H3,(H2,9,10). The van der Waals surface area contributed by atoms with Gasteiger partial charge >= 0.3 is 0 Å². The molecule has 7 heteroatoms. The highest BCUT2D eigenvalue weighted by Crippen LogP contribution is 2.22. The minimum absolute atomic E-state index is 0.450. The van der Waals surface area contributed by atoms with Crippen molar-refractivity contribution in [2.24, 2.45) is 7.05 Å². The highest BCUT2D eigenvalue weighted by Gasteiger charge is 2.04. The number of aromatic nitrogens is 5. The van der Waals surface area contributed by atoms with Gasteiger partial charge in [0, 0.05) is 31.4 Å². The van der Waals surface area contributed by atoms with Gasteiger partial charge in [0.25, 0.3) is 0 Å². The lowest BCUT2D eigenvalue weighted by molar-refractivity contribution is 0.714. The lowest BCUT2D eigenvalue weighted by Crippen LogP contribution is -1.95. The zero-order valence-corrected chi connectivity index (χ0v) is 8.98. The minimum atomic E-state index is 0.450. The van der Waals surface area contributed by atoms with Gasteiger partial charge in [0.2, 0.25) is 0 Å². The zero-order valence-electron chi connectivity index (χ0n) is 8.16. The van der Waals surface area contributed by atoms with Crippen molar-refractivity contribution in [2.45, 2.75) is 10.8 Å². The van der Waals surface area contributed by atoms with Crippen LogP contribution in [0.3, 0.4) is 0 Å². The molecule has 0 amide bonds. The predicted octanol–water partition coefficient (Wildman–Crippen LogP) is 0.480. The molecule has 2 rings (SSSR count). The van der Waals surface area contributed by atoms with Crippen LogP contribution in [-0.4, -0.2) is 25.0 Å². The first-order chi connectivity index (χ1) is 7.25. The highest BCUT2D eigenvalue weighted by atomic mass is 32.2. The topological polar surface area (TPSA) is 82.5 Å². The lowest BCUT2D eigenvalue weighted by Gasteiger charge is -1.99. The molecule has 2 aromatic rings. The Kier molecular flexibility index (Phi) is 2.82. The van der Waals surface area contributed by atoms with Crippen molar-refractivity contribution in [3.63, 3.8) is 0 Å². The lowest BCUT2D eigenvalue weighted by atomic mass is 10.6. The van der Waals surface area contributed by atoms with Gasteiger partial charge in [-0.2, -0.15) is 0 Å². The first-order valence-corrected chi connectivity index (χ1v) is 5.29. The Balaban J connectivity index is 2.02. The summed E-state index contributed by atoms with van der Waals surface area (Å²) in [4.78, 5) is 8.07. The molecule has 2 N–H and O–H groups in total. The molecule has 0 aliphatic rings. The first-order valence-electron chi connectivity index (χ1n) is 4.30. The SMILES string of the molecule is Cn1cc(CSc2nccnc2N)nn1. The molecule has 0 fully saturated rings. The summed E-state index contributed by atoms with van der Waals surface area (Å²) in [7, 11) is 1.83. The van der Waals surface area contributed by atoms with Crippen LogP contribution in [0.2, 0.25) is 0 Å². The van der Waals surface area contributed by atoms with Crippen LogP contribution in [0.15, 0.2) is 23.6 Å². The fourth-order valence-corrected chi connectivity index (χ4v) is 1.80. The molecule has 2 heterocycles. The number of hydrogen-bond donors (Lipinski definition) is 1. The summed E-state index contributed by atoms with van der Waals surface area (Å²) in [6.45, 7) is 0. The van der Waals surface area contributed by atoms with E-state index in [0.717, 1.165) is 10.7 Å². The van der Waals surface area contributed by atoms with E-state index in [2.05, 4.69) is 20.3 Å². The van der Waals surface area contributed by atoms with Gasteiger partial charge in [-0.05, 0) is 0 Å². The van der Waals surface area contributed by atoms with Gasteiger partial charge in [0.05, 0.1) is 5.69 Å². The Morgan fingerprint density at radius 2 is 2.20 bits per heavy atom. The van der Waals surface area contributed by atoms with Gasteiger partial charge < -0.3 is 5.73 Å². The monoisotopic (exact) mass is 222 g/mol. The van der Waals surface area contributed by atoms with E-state index in [-0.39, 0.29) is 0 Å². The summed E-state index contributed by atoms with van der Waals surface area (Å²) in [5, 5.41) is 8.53. The molecule has 78 valence electrons. The summed E-state index contributed by atoms with van der Waals surface area (Å²) in [6, 6.07) is 0. The van der Waals surface area contributed by atoms with E-state index in [4.69, 9.17) is 5.73 Å². The summed E-state index contributed by atoms with van der Waals surface area (Å²) < 4.78 is 1.66. The van der Waals surface area contributed by atoms with Crippen molar-refractivity contribution < 1.29 is 0 Å². The maximum absolute atomic E-state index is 5.65. The second kappa shape index (κ2) is 4.26. The number of thioether (sulfide) groups is 1. The Bertz CT molecular complexity index is 454. The van der Waals surface area contributed by atoms with Gasteiger partial charge in [-0.3, -0.25) is 4.68 Å². The molecule has 0 unspecified atom stereocenters. The first kappa shape index (κ1) is 9.91. The van der Waals surface area contributed by atoms with E-state index in [9.17, 15) is 0 Å². The molecule has 0 atom stereocenters. The quantitative estimate of drug-likeness (QED) is 0.760. The largest absolute Gasteiger partial charge is 0.381 e. The van der Waals surface area contributed by atoms with E-state index in [1.54, 1.807) is 17.1 Å². The zero-order chi connectivity index (χ0) is 10.7. The number of rotatable bonds is 3. The van der Waals surface area contributed by atoms with Crippen molar-refractivity contribution in [2.75, 3.05) is 5.73 Å². The van der Waals surface area contributed by atoms with Crippen molar-refractivity contribution in [1.82, 2.24) is 25.0 Å². The third kappa shape index (κ3) is 2.44. The summed E-state index contributed by atoms with van der Waals surface area (Å²) in [5.74, 6) is 1.14. The predicted molar refractivity (Wildman–Crippen MR) is 57.0 cm³/mol. The minimum Gasteiger partial charge on any atom is -0.381 e. The average Bonchev–Trinajstić information content (AvgIpc) is 2.63. The van der Waals surface area contributed by atoms with Crippen LogP contribution in [0.4, 0.5) is 5.82 Å². The van der Waals surface area contributed by atoms with Crippen molar-refractivity contribution in [3.8, 4) is 0 Å². The molecule has 15 heavy (non-hydrogen) atoms. The fraction of sp³-hybridized carbons (Fsp3) is 0.250. The fourth-order valence-electron chi connectivity index (χ4n) is 1.05. The number of nitrogen functional groups attached to an aromatic ring is 1. The summed E-state index contributed by atoms with van der Waals surface area (Å²) >= 11 is 1.50. The molecule has 0 aliphatic carbocycles. The molecule has 0 radical (unpaired) electrons. The van der Waals surface area contributed by atoms with Crippen LogP contribution in [-0.2, 0) is 12.8 Å². The van der Waals surface area contributed by atoms with Crippen LogP contribution >= 0.6 is 11.8 Å². The van der Waals surface area contributed by atoms with E-state index in [0.29, 0.717) is 11.6 Å². The summed E-state index contributed by atoms with van der Waals surface area (Å²) in [6.07, 6.45) is 5.05. The van der Waals surface area contributed by atoms with Gasteiger partial charge in [0.1, 0.15) is 5.03 Å². The average molecular weight is 222 g/mol. The molecule has 0 aromatic carbocycles. The maximum Gasteiger partial charge on any atom is 0.156 e. The second-order valence-corrected chi connectivity index (χ2v) is 3.88. The third-order valence-corrected chi connectivity index (χ3v) is 2.73. The normalized spacial score (nSPS) is 10.5. The molecule has 2 aromatic heterocycles. The summed E-state index contributed by atoms with van der Waals surface area (Å²) in [5.41, 5.74) is 6.55. The number of nitrogens with two attached hydrogens (primary N) is 1. The van der Waals surface area contributed by atoms with Crippen LogP contribution in [0.25, 0.3) is 0 Å². The van der Waals surface area contributed by atoms with E-state index >= 15 is 0 Å². The molecular formula is C8H10N6S. The van der Waals surface area contributed by atoms with E-state index in [1.165, 1.54) is 11.8 Å². The van der Waals surface area contributed by atoms with E-state index < -0.39 is 0 Å². The molecule has 0 bridgehead atoms. The highest BCUT2D eigenvalue weighted by molar-refractivity contribution is 7.98. The Labute approximate surface area is 90.9 Å². The maximum atomic E-state index is 5.65. The Morgan fingerprint density at radius 1 is 1.40 bits per heavy atom. The third-order valence-electron chi connectivity index (χ3n) is 1.70. The van der Waals surface area contributed by atoms with E-state index in [1.807, 2.05) is 13.2 Å². The number of aryl methyl sites for hydroxylation is 1. The van der Waals surface area contributed by atoms with Crippen molar-refractivity contribution in [1.29, 1.82) is 0 Å². The number of hydrogen-bond acceptors (Lipinski definition) is 6. The number of anilines is 1. The van der Waals surface area contributed by atoms with Gasteiger partial charge in [0.15, 0.2) is 5.82 Å². The van der Waals surface area contributed by atoms with Gasteiger partial charge in [-0.1, -0.05) is 17.0 Å². The Hall–Kier alpha value is -1.63. The Morgan fingerprint density at radius 3 is 2.87 bits per heavy atom. The smallest absolute Gasteiger partial charge is 0.156 e. The number of nitrogens with zero attached hydrogens (tertiary/aromatic N) is 5. The van der Waals surface area contributed by atoms with Crippen molar-refractivity contribution >= 4 is 17.6 Å². The van der Waals surface area contributed by atoms with Crippen LogP contribution in [0, 0.1) is 0 Å². The molecule has 0 spiro atoms. The van der Waals surface area contributed by atoms with Crippen LogP contribution < -0.4 is 5.73 Å². The molecular weight excluding hydrogens is 212 g/mol. The van der Waals surface area contributed by atoms with Crippen LogP contribution in [0.1, 0.15) is 5.69 Å². The molecule has 0 saturated carbocycles. The molecule has 0 saturated heterocycles. The molecule has 6 nitrogen and oxygen atoms in total. The molecule has 0 aliphatic heterocycles. The van der Waals surface area contributed by atoms with Gasteiger partial charge in [-0.25, -0.2) is 9.97 Å². The van der Waals surface area contributed by atoms with Gasteiger partial charge in [-0.15, -0.1) is 5.10 Å². The van der Waals surface area contributed by atoms with Crippen LogP contribution in [0.5, 0.6) is 0 Å². The van der Waals surface area contributed by atoms with Crippen molar-refractivity contribution in [3.05, 3.63) is 24.3 Å².